The molecule has 0 spiro atoms. The number of benzene rings is 3. The smallest absolute Gasteiger partial charge is 0.335 e. The summed E-state index contributed by atoms with van der Waals surface area (Å²) in [6.45, 7) is 0. The van der Waals surface area contributed by atoms with E-state index in [2.05, 4.69) is 0 Å². The molecule has 3 N–H and O–H groups in total. The second-order valence-electron chi connectivity index (χ2n) is 5.51. The Morgan fingerprint density at radius 1 is 0.750 bits per heavy atom. The summed E-state index contributed by atoms with van der Waals surface area (Å²) in [7, 11) is 0. The molecule has 24 heavy (non-hydrogen) atoms. The van der Waals surface area contributed by atoms with Crippen LogP contribution in [0.3, 0.4) is 0 Å². The molecule has 0 aliphatic carbocycles. The lowest BCUT2D eigenvalue weighted by atomic mass is 9.80. The first kappa shape index (κ1) is 15.8. The minimum Gasteiger partial charge on any atom is -0.508 e. The average molecular weight is 320 g/mol. The predicted molar refractivity (Wildman–Crippen MR) is 90.1 cm³/mol. The topological polar surface area (TPSA) is 77.8 Å². The van der Waals surface area contributed by atoms with Crippen LogP contribution in [0.4, 0.5) is 0 Å². The van der Waals surface area contributed by atoms with E-state index in [1.54, 1.807) is 36.4 Å². The molecule has 4 heteroatoms. The third kappa shape index (κ3) is 2.75. The van der Waals surface area contributed by atoms with Crippen molar-refractivity contribution in [3.8, 4) is 5.75 Å². The molecular weight excluding hydrogens is 304 g/mol. The third-order valence-corrected chi connectivity index (χ3v) is 4.01. The van der Waals surface area contributed by atoms with Crippen LogP contribution in [0.25, 0.3) is 0 Å². The van der Waals surface area contributed by atoms with Crippen LogP contribution < -0.4 is 0 Å². The molecule has 3 aromatic rings. The minimum atomic E-state index is -1.50. The van der Waals surface area contributed by atoms with Crippen molar-refractivity contribution < 1.29 is 20.1 Å². The van der Waals surface area contributed by atoms with Crippen molar-refractivity contribution in [2.24, 2.45) is 0 Å². The van der Waals surface area contributed by atoms with Gasteiger partial charge in [0.1, 0.15) is 11.4 Å². The number of carboxylic acid groups (broad SMARTS) is 1. The van der Waals surface area contributed by atoms with Crippen LogP contribution in [0.5, 0.6) is 5.75 Å². The fourth-order valence-corrected chi connectivity index (χ4v) is 2.76. The van der Waals surface area contributed by atoms with Crippen LogP contribution in [-0.4, -0.2) is 21.3 Å². The number of phenols is 1. The van der Waals surface area contributed by atoms with Crippen molar-refractivity contribution in [1.82, 2.24) is 0 Å². The van der Waals surface area contributed by atoms with E-state index in [0.29, 0.717) is 16.7 Å². The Labute approximate surface area is 139 Å². The first-order chi connectivity index (χ1) is 11.5. The van der Waals surface area contributed by atoms with Gasteiger partial charge in [0.25, 0.3) is 0 Å². The van der Waals surface area contributed by atoms with Crippen molar-refractivity contribution in [3.63, 3.8) is 0 Å². The van der Waals surface area contributed by atoms with Gasteiger partial charge in [-0.05, 0) is 41.0 Å². The van der Waals surface area contributed by atoms with Gasteiger partial charge < -0.3 is 15.3 Å². The molecule has 3 rings (SSSR count). The Morgan fingerprint density at radius 2 is 1.33 bits per heavy atom. The maximum Gasteiger partial charge on any atom is 0.335 e. The lowest BCUT2D eigenvalue weighted by molar-refractivity contribution is 0.0696. The van der Waals surface area contributed by atoms with Gasteiger partial charge in [0.15, 0.2) is 0 Å². The minimum absolute atomic E-state index is 0.0454. The molecule has 0 bridgehead atoms. The predicted octanol–water partition coefficient (Wildman–Crippen LogP) is 3.37. The molecule has 0 amide bonds. The SMILES string of the molecule is O=C(O)c1ccc(C(O)(c2ccccc2)c2cccc(O)c2)cc1. The Bertz CT molecular complexity index is 856. The number of rotatable bonds is 4. The summed E-state index contributed by atoms with van der Waals surface area (Å²) >= 11 is 0. The van der Waals surface area contributed by atoms with Crippen LogP contribution in [0.1, 0.15) is 27.0 Å². The van der Waals surface area contributed by atoms with E-state index in [4.69, 9.17) is 5.11 Å². The third-order valence-electron chi connectivity index (χ3n) is 4.01. The summed E-state index contributed by atoms with van der Waals surface area (Å²) in [6, 6.07) is 21.5. The van der Waals surface area contributed by atoms with Crippen molar-refractivity contribution >= 4 is 5.97 Å². The second kappa shape index (κ2) is 6.18. The van der Waals surface area contributed by atoms with E-state index in [1.165, 1.54) is 24.3 Å². The highest BCUT2D eigenvalue weighted by Crippen LogP contribution is 2.37. The first-order valence-corrected chi connectivity index (χ1v) is 7.43. The molecule has 1 atom stereocenters. The van der Waals surface area contributed by atoms with Gasteiger partial charge in [0.05, 0.1) is 5.56 Å². The molecule has 1 unspecified atom stereocenters. The molecule has 4 nitrogen and oxygen atoms in total. The van der Waals surface area contributed by atoms with Crippen molar-refractivity contribution in [2.45, 2.75) is 5.60 Å². The molecular formula is C20H16O4. The lowest BCUT2D eigenvalue weighted by Crippen LogP contribution is -2.28. The van der Waals surface area contributed by atoms with Gasteiger partial charge in [-0.3, -0.25) is 0 Å². The molecule has 0 heterocycles. The van der Waals surface area contributed by atoms with Gasteiger partial charge in [-0.2, -0.15) is 0 Å². The summed E-state index contributed by atoms with van der Waals surface area (Å²) < 4.78 is 0. The van der Waals surface area contributed by atoms with Crippen molar-refractivity contribution in [3.05, 3.63) is 101 Å². The van der Waals surface area contributed by atoms with Gasteiger partial charge in [-0.15, -0.1) is 0 Å². The van der Waals surface area contributed by atoms with Gasteiger partial charge in [-0.25, -0.2) is 4.79 Å². The Hall–Kier alpha value is -3.11. The number of phenolic OH excluding ortho intramolecular Hbond substituents is 1. The molecule has 0 saturated carbocycles. The number of hydrogen-bond donors (Lipinski definition) is 3. The number of aliphatic hydroxyl groups is 1. The van der Waals surface area contributed by atoms with E-state index in [1.807, 2.05) is 18.2 Å². The molecule has 0 aliphatic rings. The number of aromatic hydroxyl groups is 1. The number of hydrogen-bond acceptors (Lipinski definition) is 3. The fraction of sp³-hybridized carbons (Fsp3) is 0.0500. The first-order valence-electron chi connectivity index (χ1n) is 7.43. The number of carbonyl (C=O) groups is 1. The van der Waals surface area contributed by atoms with Crippen LogP contribution in [0.15, 0.2) is 78.9 Å². The zero-order valence-electron chi connectivity index (χ0n) is 12.8. The van der Waals surface area contributed by atoms with Gasteiger partial charge >= 0.3 is 5.97 Å². The fourth-order valence-electron chi connectivity index (χ4n) is 2.76. The lowest BCUT2D eigenvalue weighted by Gasteiger charge is -2.30. The normalized spacial score (nSPS) is 13.2. The molecule has 0 aliphatic heterocycles. The van der Waals surface area contributed by atoms with Crippen molar-refractivity contribution in [1.29, 1.82) is 0 Å². The Kier molecular flexibility index (Phi) is 4.06. The number of aromatic carboxylic acids is 1. The maximum absolute atomic E-state index is 11.5. The van der Waals surface area contributed by atoms with Crippen LogP contribution in [0.2, 0.25) is 0 Å². The zero-order valence-corrected chi connectivity index (χ0v) is 12.8. The van der Waals surface area contributed by atoms with Gasteiger partial charge in [0.2, 0.25) is 0 Å². The summed E-state index contributed by atoms with van der Waals surface area (Å²) in [5.74, 6) is -0.980. The standard InChI is InChI=1S/C20H16O4/c21-18-8-4-7-17(13-18)20(24,15-5-2-1-3-6-15)16-11-9-14(10-12-16)19(22)23/h1-13,21,24H,(H,22,23). The average Bonchev–Trinajstić information content (AvgIpc) is 2.62. The highest BCUT2D eigenvalue weighted by Gasteiger charge is 2.34. The van der Waals surface area contributed by atoms with E-state index < -0.39 is 11.6 Å². The summed E-state index contributed by atoms with van der Waals surface area (Å²) in [5.41, 5.74) is 0.279. The quantitative estimate of drug-likeness (QED) is 0.644. The largest absolute Gasteiger partial charge is 0.508 e. The Morgan fingerprint density at radius 3 is 1.92 bits per heavy atom. The molecule has 0 radical (unpaired) electrons. The van der Waals surface area contributed by atoms with E-state index in [0.717, 1.165) is 0 Å². The van der Waals surface area contributed by atoms with Crippen LogP contribution in [0, 0.1) is 0 Å². The zero-order chi connectivity index (χ0) is 17.2. The van der Waals surface area contributed by atoms with Gasteiger partial charge in [-0.1, -0.05) is 54.6 Å². The molecule has 3 aromatic carbocycles. The van der Waals surface area contributed by atoms with Gasteiger partial charge in [0, 0.05) is 0 Å². The maximum atomic E-state index is 11.5. The summed E-state index contributed by atoms with van der Waals surface area (Å²) in [4.78, 5) is 11.1. The van der Waals surface area contributed by atoms with E-state index in [-0.39, 0.29) is 11.3 Å². The highest BCUT2D eigenvalue weighted by atomic mass is 16.4. The van der Waals surface area contributed by atoms with Crippen LogP contribution >= 0.6 is 0 Å². The highest BCUT2D eigenvalue weighted by molar-refractivity contribution is 5.87. The molecule has 0 fully saturated rings. The second-order valence-corrected chi connectivity index (χ2v) is 5.51. The molecule has 0 saturated heterocycles. The number of carboxylic acids is 1. The van der Waals surface area contributed by atoms with E-state index in [9.17, 15) is 15.0 Å². The monoisotopic (exact) mass is 320 g/mol. The Balaban J connectivity index is 2.21. The summed E-state index contributed by atoms with van der Waals surface area (Å²) in [5, 5.41) is 30.4. The van der Waals surface area contributed by atoms with E-state index >= 15 is 0 Å². The van der Waals surface area contributed by atoms with Crippen molar-refractivity contribution in [2.75, 3.05) is 0 Å². The summed E-state index contributed by atoms with van der Waals surface area (Å²) in [6.07, 6.45) is 0. The molecule has 0 aromatic heterocycles. The van der Waals surface area contributed by atoms with Crippen LogP contribution in [-0.2, 0) is 5.60 Å². The molecule has 120 valence electrons.